The van der Waals surface area contributed by atoms with E-state index >= 15 is 0 Å². The highest BCUT2D eigenvalue weighted by Gasteiger charge is 2.13. The molecule has 0 aliphatic heterocycles. The van der Waals surface area contributed by atoms with E-state index in [4.69, 9.17) is 4.74 Å². The summed E-state index contributed by atoms with van der Waals surface area (Å²) in [5.74, 6) is 0.662. The van der Waals surface area contributed by atoms with E-state index in [-0.39, 0.29) is 11.4 Å². The fourth-order valence-electron chi connectivity index (χ4n) is 2.93. The topological polar surface area (TPSA) is 110 Å². The van der Waals surface area contributed by atoms with Crippen LogP contribution in [0, 0.1) is 13.8 Å². The molecule has 0 bridgehead atoms. The number of rotatable bonds is 11. The van der Waals surface area contributed by atoms with Crippen molar-refractivity contribution in [1.29, 1.82) is 0 Å². The largest absolute Gasteiger partial charge is 0.383 e. The number of sulfonamides is 1. The zero-order valence-corrected chi connectivity index (χ0v) is 18.9. The second-order valence-corrected chi connectivity index (χ2v) is 8.66. The minimum Gasteiger partial charge on any atom is -0.383 e. The highest BCUT2D eigenvalue weighted by atomic mass is 32.2. The molecule has 2 aromatic rings. The van der Waals surface area contributed by atoms with Gasteiger partial charge in [0.1, 0.15) is 0 Å². The Balaban J connectivity index is 1.82. The summed E-state index contributed by atoms with van der Waals surface area (Å²) in [5, 5.41) is 10.9. The van der Waals surface area contributed by atoms with Crippen molar-refractivity contribution in [3.8, 4) is 0 Å². The van der Waals surface area contributed by atoms with E-state index < -0.39 is 10.0 Å². The molecule has 0 fully saturated rings. The SMILES string of the molecule is CN=C(NCCCn1nc(C)cc1C)NCc1cccc(S(=O)(=O)NCCOC)c1. The van der Waals surface area contributed by atoms with Gasteiger partial charge in [0.05, 0.1) is 17.2 Å². The zero-order valence-electron chi connectivity index (χ0n) is 18.1. The highest BCUT2D eigenvalue weighted by molar-refractivity contribution is 7.89. The van der Waals surface area contributed by atoms with Gasteiger partial charge in [-0.25, -0.2) is 13.1 Å². The molecule has 0 unspecified atom stereocenters. The number of hydrogen-bond donors (Lipinski definition) is 3. The van der Waals surface area contributed by atoms with E-state index in [2.05, 4.69) is 38.4 Å². The van der Waals surface area contributed by atoms with Crippen LogP contribution < -0.4 is 15.4 Å². The Morgan fingerprint density at radius 2 is 2.00 bits per heavy atom. The van der Waals surface area contributed by atoms with Crippen LogP contribution in [0.5, 0.6) is 0 Å². The number of guanidine groups is 1. The van der Waals surface area contributed by atoms with Gasteiger partial charge in [0, 0.05) is 46.0 Å². The molecule has 3 N–H and O–H groups in total. The second-order valence-electron chi connectivity index (χ2n) is 6.89. The van der Waals surface area contributed by atoms with Crippen molar-refractivity contribution < 1.29 is 13.2 Å². The Morgan fingerprint density at radius 3 is 2.67 bits per heavy atom. The average Bonchev–Trinajstić information content (AvgIpc) is 3.04. The molecule has 0 aliphatic rings. The van der Waals surface area contributed by atoms with Gasteiger partial charge >= 0.3 is 0 Å². The predicted octanol–water partition coefficient (Wildman–Crippen LogP) is 1.18. The van der Waals surface area contributed by atoms with Gasteiger partial charge in [0.15, 0.2) is 5.96 Å². The standard InChI is InChI=1S/C20H32N6O3S/c1-16-13-17(2)26(25-16)11-6-9-22-20(21-3)23-15-18-7-5-8-19(14-18)30(27,28)24-10-12-29-4/h5,7-8,13-14,24H,6,9-12,15H2,1-4H3,(H2,21,22,23). The van der Waals surface area contributed by atoms with Crippen molar-refractivity contribution in [3.63, 3.8) is 0 Å². The molecule has 0 spiro atoms. The number of aromatic nitrogens is 2. The van der Waals surface area contributed by atoms with Gasteiger partial charge in [-0.3, -0.25) is 9.67 Å². The second kappa shape index (κ2) is 11.7. The molecule has 10 heteroatoms. The number of methoxy groups -OCH3 is 1. The lowest BCUT2D eigenvalue weighted by molar-refractivity contribution is 0.204. The van der Waals surface area contributed by atoms with Gasteiger partial charge < -0.3 is 15.4 Å². The first-order chi connectivity index (χ1) is 14.4. The van der Waals surface area contributed by atoms with Crippen molar-refractivity contribution in [2.45, 2.75) is 38.3 Å². The van der Waals surface area contributed by atoms with Gasteiger partial charge in [-0.15, -0.1) is 0 Å². The molecule has 1 heterocycles. The molecule has 166 valence electrons. The molecule has 0 saturated carbocycles. The lowest BCUT2D eigenvalue weighted by Crippen LogP contribution is -2.37. The molecule has 2 rings (SSSR count). The van der Waals surface area contributed by atoms with Crippen LogP contribution in [0.15, 0.2) is 40.2 Å². The Hall–Kier alpha value is -2.43. The summed E-state index contributed by atoms with van der Waals surface area (Å²) in [6, 6.07) is 8.89. The number of benzene rings is 1. The molecule has 0 amide bonds. The smallest absolute Gasteiger partial charge is 0.240 e. The minimum atomic E-state index is -3.56. The maximum atomic E-state index is 12.3. The summed E-state index contributed by atoms with van der Waals surface area (Å²) >= 11 is 0. The number of aliphatic imine (C=N–C) groups is 1. The maximum Gasteiger partial charge on any atom is 0.240 e. The minimum absolute atomic E-state index is 0.228. The number of nitrogens with zero attached hydrogens (tertiary/aromatic N) is 3. The van der Waals surface area contributed by atoms with Crippen LogP contribution in [-0.2, 0) is 27.8 Å². The van der Waals surface area contributed by atoms with Gasteiger partial charge in [-0.05, 0) is 44.0 Å². The molecular weight excluding hydrogens is 404 g/mol. The Bertz CT molecular complexity index is 940. The fourth-order valence-corrected chi connectivity index (χ4v) is 4.01. The van der Waals surface area contributed by atoms with Crippen molar-refractivity contribution in [3.05, 3.63) is 47.3 Å². The monoisotopic (exact) mass is 436 g/mol. The Kier molecular flexibility index (Phi) is 9.28. The summed E-state index contributed by atoms with van der Waals surface area (Å²) in [6.07, 6.45) is 0.906. The maximum absolute atomic E-state index is 12.3. The first-order valence-electron chi connectivity index (χ1n) is 9.89. The lowest BCUT2D eigenvalue weighted by atomic mass is 10.2. The molecule has 0 radical (unpaired) electrons. The van der Waals surface area contributed by atoms with E-state index in [0.717, 1.165) is 36.5 Å². The first kappa shape index (κ1) is 23.8. The van der Waals surface area contributed by atoms with E-state index in [1.165, 1.54) is 7.11 Å². The normalized spacial score (nSPS) is 12.2. The number of nitrogens with one attached hydrogen (secondary N) is 3. The fraction of sp³-hybridized carbons (Fsp3) is 0.500. The van der Waals surface area contributed by atoms with Crippen LogP contribution in [0.1, 0.15) is 23.4 Å². The van der Waals surface area contributed by atoms with Gasteiger partial charge in [0.2, 0.25) is 10.0 Å². The van der Waals surface area contributed by atoms with Crippen LogP contribution >= 0.6 is 0 Å². The lowest BCUT2D eigenvalue weighted by Gasteiger charge is -2.13. The molecule has 30 heavy (non-hydrogen) atoms. The third-order valence-corrected chi connectivity index (χ3v) is 5.89. The Labute approximate surface area is 179 Å². The molecule has 1 aromatic carbocycles. The highest BCUT2D eigenvalue weighted by Crippen LogP contribution is 2.11. The summed E-state index contributed by atoms with van der Waals surface area (Å²) in [5.41, 5.74) is 3.02. The summed E-state index contributed by atoms with van der Waals surface area (Å²) in [7, 11) is -0.323. The molecule has 0 aliphatic carbocycles. The van der Waals surface area contributed by atoms with E-state index in [1.807, 2.05) is 17.7 Å². The number of aryl methyl sites for hydroxylation is 3. The van der Waals surface area contributed by atoms with Gasteiger partial charge in [0.25, 0.3) is 0 Å². The quantitative estimate of drug-likeness (QED) is 0.277. The summed E-state index contributed by atoms with van der Waals surface area (Å²) < 4.78 is 34.1. The van der Waals surface area contributed by atoms with Gasteiger partial charge in [-0.2, -0.15) is 5.10 Å². The molecular formula is C20H32N6O3S. The third kappa shape index (κ3) is 7.43. The average molecular weight is 437 g/mol. The predicted molar refractivity (Wildman–Crippen MR) is 118 cm³/mol. The first-order valence-corrected chi connectivity index (χ1v) is 11.4. The van der Waals surface area contributed by atoms with Crippen LogP contribution in [0.4, 0.5) is 0 Å². The molecule has 0 atom stereocenters. The third-order valence-electron chi connectivity index (χ3n) is 4.43. The van der Waals surface area contributed by atoms with E-state index in [0.29, 0.717) is 19.1 Å². The Morgan fingerprint density at radius 1 is 1.20 bits per heavy atom. The molecule has 1 aromatic heterocycles. The summed E-state index contributed by atoms with van der Waals surface area (Å²) in [4.78, 5) is 4.45. The van der Waals surface area contributed by atoms with Crippen LogP contribution in [0.3, 0.4) is 0 Å². The number of ether oxygens (including phenoxy) is 1. The van der Waals surface area contributed by atoms with Gasteiger partial charge in [-0.1, -0.05) is 12.1 Å². The summed E-state index contributed by atoms with van der Waals surface area (Å²) in [6.45, 7) is 6.63. The van der Waals surface area contributed by atoms with Crippen LogP contribution in [0.25, 0.3) is 0 Å². The van der Waals surface area contributed by atoms with Crippen molar-refractivity contribution in [2.24, 2.45) is 4.99 Å². The van der Waals surface area contributed by atoms with E-state index in [1.54, 1.807) is 25.2 Å². The van der Waals surface area contributed by atoms with Crippen LogP contribution in [0.2, 0.25) is 0 Å². The molecule has 0 saturated heterocycles. The zero-order chi connectivity index (χ0) is 22.0. The van der Waals surface area contributed by atoms with Crippen molar-refractivity contribution in [2.75, 3.05) is 33.9 Å². The number of hydrogen-bond acceptors (Lipinski definition) is 5. The van der Waals surface area contributed by atoms with Crippen molar-refractivity contribution in [1.82, 2.24) is 25.1 Å². The molecule has 9 nitrogen and oxygen atoms in total. The van der Waals surface area contributed by atoms with Crippen molar-refractivity contribution >= 4 is 16.0 Å². The van der Waals surface area contributed by atoms with Crippen LogP contribution in [-0.4, -0.2) is 58.0 Å². The van der Waals surface area contributed by atoms with E-state index in [9.17, 15) is 8.42 Å².